The van der Waals surface area contributed by atoms with Gasteiger partial charge in [-0.25, -0.2) is 4.90 Å². The number of alkyl halides is 3. The number of rotatable bonds is 5. The molecule has 4 aromatic rings. The van der Waals surface area contributed by atoms with Gasteiger partial charge in [-0.1, -0.05) is 76.1 Å². The van der Waals surface area contributed by atoms with Crippen LogP contribution in [0.4, 0.5) is 24.5 Å². The number of thiazole rings is 1. The Morgan fingerprint density at radius 3 is 2.34 bits per heavy atom. The number of halogens is 6. The predicted molar refractivity (Wildman–Crippen MR) is 164 cm³/mol. The Morgan fingerprint density at radius 2 is 1.64 bits per heavy atom. The van der Waals surface area contributed by atoms with Crippen molar-refractivity contribution in [2.75, 3.05) is 10.2 Å². The van der Waals surface area contributed by atoms with Crippen LogP contribution in [0.15, 0.2) is 76.6 Å². The van der Waals surface area contributed by atoms with Crippen LogP contribution in [0.2, 0.25) is 15.1 Å². The van der Waals surface area contributed by atoms with Gasteiger partial charge in [-0.2, -0.15) is 13.2 Å². The lowest BCUT2D eigenvalue weighted by molar-refractivity contribution is -0.137. The van der Waals surface area contributed by atoms with Gasteiger partial charge in [0.2, 0.25) is 17.7 Å². The minimum atomic E-state index is -4.70. The van der Waals surface area contributed by atoms with Gasteiger partial charge in [0.15, 0.2) is 0 Å². The lowest BCUT2D eigenvalue weighted by atomic mass is 9.83. The normalized spacial score (nSPS) is 19.6. The highest BCUT2D eigenvalue weighted by molar-refractivity contribution is 8.00. The van der Waals surface area contributed by atoms with Crippen molar-refractivity contribution < 1.29 is 27.6 Å². The van der Waals surface area contributed by atoms with E-state index in [1.165, 1.54) is 16.7 Å². The van der Waals surface area contributed by atoms with E-state index >= 15 is 0 Å². The van der Waals surface area contributed by atoms with Crippen LogP contribution < -0.4 is 15.1 Å². The summed E-state index contributed by atoms with van der Waals surface area (Å²) in [5, 5.41) is 2.57. The van der Waals surface area contributed by atoms with E-state index in [1.54, 1.807) is 36.4 Å². The molecule has 0 radical (unpaired) electrons. The molecule has 1 saturated heterocycles. The maximum absolute atomic E-state index is 14.0. The third kappa shape index (κ3) is 5.43. The molecule has 3 amide bonds. The number of imide groups is 1. The Hall–Kier alpha value is -3.29. The van der Waals surface area contributed by atoms with Crippen LogP contribution in [0.1, 0.15) is 21.9 Å². The van der Waals surface area contributed by atoms with Gasteiger partial charge in [0.1, 0.15) is 11.8 Å². The first-order valence-corrected chi connectivity index (χ1v) is 15.6. The van der Waals surface area contributed by atoms with E-state index in [4.69, 9.17) is 34.8 Å². The lowest BCUT2D eigenvalue weighted by Gasteiger charge is -2.31. The summed E-state index contributed by atoms with van der Waals surface area (Å²) < 4.78 is 41.7. The van der Waals surface area contributed by atoms with Gasteiger partial charge in [0.05, 0.1) is 32.2 Å². The largest absolute Gasteiger partial charge is 0.416 e. The smallest absolute Gasteiger partial charge is 0.325 e. The number of amides is 3. The van der Waals surface area contributed by atoms with Gasteiger partial charge >= 0.3 is 11.0 Å². The molecule has 1 aromatic heterocycles. The van der Waals surface area contributed by atoms with Crippen molar-refractivity contribution in [3.63, 3.8) is 0 Å². The third-order valence-corrected chi connectivity index (χ3v) is 10.9. The van der Waals surface area contributed by atoms with Gasteiger partial charge in [-0.15, -0.1) is 0 Å². The number of benzene rings is 3. The third-order valence-electron chi connectivity index (χ3n) is 7.23. The summed E-state index contributed by atoms with van der Waals surface area (Å²) in [7, 11) is 0. The maximum Gasteiger partial charge on any atom is 0.416 e. The zero-order chi connectivity index (χ0) is 31.5. The number of carbonyl (C=O) groups excluding carboxylic acids is 3. The van der Waals surface area contributed by atoms with Crippen LogP contribution >= 0.6 is 57.9 Å². The fraction of sp³-hybridized carbons (Fsp3) is 0.172. The predicted octanol–water partition coefficient (Wildman–Crippen LogP) is 7.32. The molecule has 0 bridgehead atoms. The summed E-state index contributed by atoms with van der Waals surface area (Å²) in [4.78, 5) is 54.7. The van der Waals surface area contributed by atoms with Crippen LogP contribution in [0.25, 0.3) is 0 Å². The standard InChI is InChI=1S/C29H17Cl3F3N3O4S2/c30-14-7-9-15(10-8-14)36-19(39)12-37-27-24(44-28(37)42)20(17-5-2-6-18(31)22(17)32)21-23(43-27)26(41)38(25(21)40)16-4-1-3-13(11-16)29(33,34)35/h1-11,20-21,23H,12H2,(H,36,39)/t20-,21-,23+/m0/s1. The topological polar surface area (TPSA) is 88.5 Å². The van der Waals surface area contributed by atoms with Gasteiger partial charge in [-0.3, -0.25) is 23.7 Å². The van der Waals surface area contributed by atoms with Crippen molar-refractivity contribution in [2.45, 2.75) is 28.9 Å². The summed E-state index contributed by atoms with van der Waals surface area (Å²) in [6, 6.07) is 15.1. The number of nitrogens with one attached hydrogen (secondary N) is 1. The number of hydrogen-bond donors (Lipinski definition) is 1. The maximum atomic E-state index is 14.0. The summed E-state index contributed by atoms with van der Waals surface area (Å²) in [5.74, 6) is -4.11. The van der Waals surface area contributed by atoms with E-state index in [-0.39, 0.29) is 20.8 Å². The highest BCUT2D eigenvalue weighted by Crippen LogP contribution is 2.55. The number of anilines is 2. The number of aromatic nitrogens is 1. The van der Waals surface area contributed by atoms with Gasteiger partial charge in [0, 0.05) is 21.5 Å². The van der Waals surface area contributed by atoms with Crippen molar-refractivity contribution in [2.24, 2.45) is 5.92 Å². The van der Waals surface area contributed by atoms with E-state index in [0.29, 0.717) is 21.2 Å². The number of fused-ring (bicyclic) bond motifs is 2. The van der Waals surface area contributed by atoms with E-state index in [9.17, 15) is 32.3 Å². The molecule has 0 unspecified atom stereocenters. The second-order valence-corrected chi connectivity index (χ2v) is 13.3. The van der Waals surface area contributed by atoms with Crippen LogP contribution in [0.3, 0.4) is 0 Å². The number of nitrogens with zero attached hydrogens (tertiary/aromatic N) is 2. The Labute approximate surface area is 270 Å². The molecule has 3 aromatic carbocycles. The van der Waals surface area contributed by atoms with Crippen molar-refractivity contribution >= 4 is 87.0 Å². The first-order chi connectivity index (χ1) is 20.8. The zero-order valence-corrected chi connectivity index (χ0v) is 25.8. The first kappa shape index (κ1) is 30.7. The number of hydrogen-bond acceptors (Lipinski definition) is 6. The summed E-state index contributed by atoms with van der Waals surface area (Å²) in [6.45, 7) is -0.410. The van der Waals surface area contributed by atoms with Crippen LogP contribution in [-0.4, -0.2) is 27.5 Å². The molecule has 0 spiro atoms. The summed E-state index contributed by atoms with van der Waals surface area (Å²) in [5.41, 5.74) is -0.445. The van der Waals surface area contributed by atoms with Gasteiger partial charge in [0.25, 0.3) is 0 Å². The fourth-order valence-corrected chi connectivity index (χ4v) is 8.62. The average molecular weight is 699 g/mol. The van der Waals surface area contributed by atoms with E-state index in [1.807, 2.05) is 0 Å². The number of thioether (sulfide) groups is 1. The molecule has 226 valence electrons. The molecule has 6 rings (SSSR count). The van der Waals surface area contributed by atoms with Crippen molar-refractivity contribution in [3.05, 3.63) is 107 Å². The average Bonchev–Trinajstić information content (AvgIpc) is 3.41. The number of carbonyl (C=O) groups is 3. The van der Waals surface area contributed by atoms with Gasteiger partial charge in [-0.05, 0) is 54.1 Å². The molecule has 2 aliphatic rings. The van der Waals surface area contributed by atoms with Crippen LogP contribution in [-0.2, 0) is 27.1 Å². The van der Waals surface area contributed by atoms with Crippen molar-refractivity contribution in [1.82, 2.24) is 4.57 Å². The second-order valence-electron chi connectivity index (χ2n) is 9.92. The highest BCUT2D eigenvalue weighted by atomic mass is 35.5. The Bertz CT molecular complexity index is 1900. The van der Waals surface area contributed by atoms with Gasteiger partial charge < -0.3 is 5.32 Å². The molecule has 15 heteroatoms. The molecule has 3 heterocycles. The molecule has 44 heavy (non-hydrogen) atoms. The first-order valence-electron chi connectivity index (χ1n) is 12.8. The minimum absolute atomic E-state index is 0.0985. The summed E-state index contributed by atoms with van der Waals surface area (Å²) in [6.07, 6.45) is -4.70. The molecule has 0 saturated carbocycles. The molecule has 1 fully saturated rings. The summed E-state index contributed by atoms with van der Waals surface area (Å²) >= 11 is 20.5. The fourth-order valence-electron chi connectivity index (χ4n) is 5.30. The van der Waals surface area contributed by atoms with Crippen LogP contribution in [0, 0.1) is 5.92 Å². The highest BCUT2D eigenvalue weighted by Gasteiger charge is 2.57. The Balaban J connectivity index is 1.43. The Kier molecular flexibility index (Phi) is 8.08. The van der Waals surface area contributed by atoms with Crippen molar-refractivity contribution in [3.8, 4) is 0 Å². The van der Waals surface area contributed by atoms with E-state index in [0.717, 1.165) is 46.2 Å². The van der Waals surface area contributed by atoms with E-state index in [2.05, 4.69) is 5.32 Å². The SMILES string of the molecule is O=C(Cn1c2c(sc1=O)[C@@H](c1cccc(Cl)c1Cl)[C@@H]1C(=O)N(c3cccc(C(F)(F)F)c3)C(=O)[C@@H]1S2)Nc1ccc(Cl)cc1. The van der Waals surface area contributed by atoms with Crippen molar-refractivity contribution in [1.29, 1.82) is 0 Å². The van der Waals surface area contributed by atoms with Crippen LogP contribution in [0.5, 0.6) is 0 Å². The zero-order valence-electron chi connectivity index (χ0n) is 21.9. The molecule has 3 atom stereocenters. The molecule has 1 N–H and O–H groups in total. The molecular formula is C29H17Cl3F3N3O4S2. The van der Waals surface area contributed by atoms with E-state index < -0.39 is 58.0 Å². The minimum Gasteiger partial charge on any atom is -0.325 e. The Morgan fingerprint density at radius 1 is 0.932 bits per heavy atom. The monoisotopic (exact) mass is 697 g/mol. The lowest BCUT2D eigenvalue weighted by Crippen LogP contribution is -2.33. The molecule has 0 aliphatic carbocycles. The quantitative estimate of drug-likeness (QED) is 0.221. The molecular weight excluding hydrogens is 682 g/mol. The molecule has 7 nitrogen and oxygen atoms in total. The molecule has 2 aliphatic heterocycles. The second kappa shape index (κ2) is 11.6.